The average Bonchev–Trinajstić information content (AvgIpc) is 3.03. The zero-order chi connectivity index (χ0) is 18.4. The average molecular weight is 349 g/mol. The van der Waals surface area contributed by atoms with Crippen molar-refractivity contribution in [2.45, 2.75) is 26.7 Å². The Hall–Kier alpha value is -3.06. The first-order valence-electron chi connectivity index (χ1n) is 9.70. The van der Waals surface area contributed by atoms with Gasteiger partial charge in [-0.15, -0.1) is 0 Å². The minimum absolute atomic E-state index is 1.12. The summed E-state index contributed by atoms with van der Waals surface area (Å²) < 4.78 is 2.43. The van der Waals surface area contributed by atoms with Gasteiger partial charge in [0.2, 0.25) is 0 Å². The molecule has 4 aromatic rings. The van der Waals surface area contributed by atoms with Crippen LogP contribution in [0.1, 0.15) is 28.8 Å². The molecule has 0 bridgehead atoms. The number of nitrogens with zero attached hydrogens (tertiary/aromatic N) is 1. The summed E-state index contributed by atoms with van der Waals surface area (Å²) in [5.41, 5.74) is 10.6. The van der Waals surface area contributed by atoms with Crippen molar-refractivity contribution in [2.75, 3.05) is 0 Å². The van der Waals surface area contributed by atoms with Crippen LogP contribution in [0.2, 0.25) is 0 Å². The molecule has 27 heavy (non-hydrogen) atoms. The number of para-hydroxylation sites is 1. The van der Waals surface area contributed by atoms with Crippen molar-refractivity contribution in [3.8, 4) is 16.8 Å². The van der Waals surface area contributed by atoms with E-state index in [-0.39, 0.29) is 0 Å². The summed E-state index contributed by atoms with van der Waals surface area (Å²) in [7, 11) is 0. The van der Waals surface area contributed by atoms with Gasteiger partial charge >= 0.3 is 0 Å². The molecule has 3 aromatic carbocycles. The number of fused-ring (bicyclic) bond motifs is 3. The van der Waals surface area contributed by atoms with E-state index in [4.69, 9.17) is 0 Å². The SMILES string of the molecule is Cc1ccccc1-c1ccc(-n2c3c(c4ccccc42)CCC=C3)cc1C. The zero-order valence-corrected chi connectivity index (χ0v) is 15.9. The molecule has 0 amide bonds. The summed E-state index contributed by atoms with van der Waals surface area (Å²) in [6.45, 7) is 4.41. The van der Waals surface area contributed by atoms with Crippen LogP contribution in [-0.4, -0.2) is 4.57 Å². The van der Waals surface area contributed by atoms with E-state index in [0.29, 0.717) is 0 Å². The normalized spacial score (nSPS) is 13.1. The largest absolute Gasteiger partial charge is 0.310 e. The Morgan fingerprint density at radius 2 is 1.56 bits per heavy atom. The van der Waals surface area contributed by atoms with E-state index in [2.05, 4.69) is 97.3 Å². The summed E-state index contributed by atoms with van der Waals surface area (Å²) in [6.07, 6.45) is 6.85. The molecule has 132 valence electrons. The summed E-state index contributed by atoms with van der Waals surface area (Å²) in [5, 5.41) is 1.39. The highest BCUT2D eigenvalue weighted by Gasteiger charge is 2.18. The van der Waals surface area contributed by atoms with Gasteiger partial charge in [-0.05, 0) is 78.8 Å². The van der Waals surface area contributed by atoms with Gasteiger partial charge in [0.1, 0.15) is 0 Å². The molecule has 0 spiro atoms. The summed E-state index contributed by atoms with van der Waals surface area (Å²) in [5.74, 6) is 0. The molecule has 0 saturated heterocycles. The number of hydrogen-bond acceptors (Lipinski definition) is 0. The quantitative estimate of drug-likeness (QED) is 0.372. The maximum atomic E-state index is 2.43. The van der Waals surface area contributed by atoms with Crippen molar-refractivity contribution in [1.82, 2.24) is 4.57 Å². The fraction of sp³-hybridized carbons (Fsp3) is 0.154. The second kappa shape index (κ2) is 6.28. The smallest absolute Gasteiger partial charge is 0.0537 e. The molecule has 1 heterocycles. The first kappa shape index (κ1) is 16.1. The van der Waals surface area contributed by atoms with Crippen molar-refractivity contribution >= 4 is 17.0 Å². The van der Waals surface area contributed by atoms with E-state index in [1.807, 2.05) is 0 Å². The Bertz CT molecular complexity index is 1190. The number of allylic oxidation sites excluding steroid dienone is 1. The van der Waals surface area contributed by atoms with E-state index in [1.54, 1.807) is 0 Å². The van der Waals surface area contributed by atoms with Crippen LogP contribution in [0, 0.1) is 13.8 Å². The number of hydrogen-bond donors (Lipinski definition) is 0. The van der Waals surface area contributed by atoms with E-state index in [1.165, 1.54) is 50.1 Å². The Balaban J connectivity index is 1.72. The Labute approximate surface area is 160 Å². The summed E-state index contributed by atoms with van der Waals surface area (Å²) in [4.78, 5) is 0. The molecule has 0 radical (unpaired) electrons. The molecular weight excluding hydrogens is 326 g/mol. The summed E-state index contributed by atoms with van der Waals surface area (Å²) in [6, 6.07) is 24.3. The maximum Gasteiger partial charge on any atom is 0.0537 e. The third-order valence-electron chi connectivity index (χ3n) is 5.76. The van der Waals surface area contributed by atoms with Crippen molar-refractivity contribution in [2.24, 2.45) is 0 Å². The second-order valence-electron chi connectivity index (χ2n) is 7.47. The monoisotopic (exact) mass is 349 g/mol. The molecule has 0 fully saturated rings. The number of aromatic nitrogens is 1. The first-order chi connectivity index (χ1) is 13.2. The van der Waals surface area contributed by atoms with Gasteiger partial charge in [-0.2, -0.15) is 0 Å². The lowest BCUT2D eigenvalue weighted by Crippen LogP contribution is -2.01. The van der Waals surface area contributed by atoms with Crippen LogP contribution in [0.4, 0.5) is 0 Å². The topological polar surface area (TPSA) is 4.93 Å². The summed E-state index contributed by atoms with van der Waals surface area (Å²) >= 11 is 0. The molecule has 0 aliphatic heterocycles. The van der Waals surface area contributed by atoms with Crippen LogP contribution in [0.5, 0.6) is 0 Å². The lowest BCUT2D eigenvalue weighted by atomic mass is 9.96. The lowest BCUT2D eigenvalue weighted by Gasteiger charge is -2.15. The predicted molar refractivity (Wildman–Crippen MR) is 116 cm³/mol. The molecule has 1 nitrogen and oxygen atoms in total. The third-order valence-corrected chi connectivity index (χ3v) is 5.76. The molecule has 0 saturated carbocycles. The van der Waals surface area contributed by atoms with Gasteiger partial charge in [0, 0.05) is 16.8 Å². The Morgan fingerprint density at radius 1 is 0.778 bits per heavy atom. The third kappa shape index (κ3) is 2.54. The van der Waals surface area contributed by atoms with Crippen LogP contribution in [0.15, 0.2) is 72.8 Å². The maximum absolute atomic E-state index is 2.43. The van der Waals surface area contributed by atoms with E-state index in [9.17, 15) is 0 Å². The van der Waals surface area contributed by atoms with E-state index < -0.39 is 0 Å². The van der Waals surface area contributed by atoms with Crippen molar-refractivity contribution < 1.29 is 0 Å². The molecule has 1 aliphatic rings. The van der Waals surface area contributed by atoms with Gasteiger partial charge < -0.3 is 4.57 Å². The van der Waals surface area contributed by atoms with E-state index in [0.717, 1.165) is 12.8 Å². The van der Waals surface area contributed by atoms with Crippen LogP contribution in [0.3, 0.4) is 0 Å². The number of benzene rings is 3. The number of aryl methyl sites for hydroxylation is 3. The van der Waals surface area contributed by atoms with Crippen molar-refractivity contribution in [3.63, 3.8) is 0 Å². The molecule has 1 aliphatic carbocycles. The standard InChI is InChI=1S/C26H23N/c1-18-9-3-4-10-21(18)22-16-15-20(17-19(22)2)27-25-13-7-5-11-23(25)24-12-6-8-14-26(24)27/h3-5,7-11,13-17H,6,12H2,1-2H3. The molecule has 0 atom stereocenters. The molecule has 0 unspecified atom stereocenters. The van der Waals surface area contributed by atoms with Crippen molar-refractivity contribution in [1.29, 1.82) is 0 Å². The highest BCUT2D eigenvalue weighted by atomic mass is 15.0. The molecule has 1 heteroatoms. The van der Waals surface area contributed by atoms with Crippen LogP contribution >= 0.6 is 0 Å². The van der Waals surface area contributed by atoms with Crippen molar-refractivity contribution in [3.05, 3.63) is 95.2 Å². The van der Waals surface area contributed by atoms with E-state index >= 15 is 0 Å². The Kier molecular flexibility index (Phi) is 3.75. The van der Waals surface area contributed by atoms with Gasteiger partial charge in [0.15, 0.2) is 0 Å². The van der Waals surface area contributed by atoms with Gasteiger partial charge in [-0.3, -0.25) is 0 Å². The molecule has 1 aromatic heterocycles. The van der Waals surface area contributed by atoms with Gasteiger partial charge in [-0.1, -0.05) is 54.6 Å². The lowest BCUT2D eigenvalue weighted by molar-refractivity contribution is 0.967. The zero-order valence-electron chi connectivity index (χ0n) is 15.9. The van der Waals surface area contributed by atoms with Gasteiger partial charge in [0.25, 0.3) is 0 Å². The predicted octanol–water partition coefficient (Wildman–Crippen LogP) is 6.87. The first-order valence-corrected chi connectivity index (χ1v) is 9.70. The fourth-order valence-electron chi connectivity index (χ4n) is 4.43. The highest BCUT2D eigenvalue weighted by molar-refractivity contribution is 5.91. The van der Waals surface area contributed by atoms with Crippen LogP contribution in [0.25, 0.3) is 33.8 Å². The van der Waals surface area contributed by atoms with Gasteiger partial charge in [0.05, 0.1) is 5.52 Å². The molecule has 5 rings (SSSR count). The molecule has 0 N–H and O–H groups in total. The van der Waals surface area contributed by atoms with Gasteiger partial charge in [-0.25, -0.2) is 0 Å². The van der Waals surface area contributed by atoms with Crippen LogP contribution in [-0.2, 0) is 6.42 Å². The fourth-order valence-corrected chi connectivity index (χ4v) is 4.43. The molecular formula is C26H23N. The minimum atomic E-state index is 1.12. The minimum Gasteiger partial charge on any atom is -0.310 e. The second-order valence-corrected chi connectivity index (χ2v) is 7.47. The number of rotatable bonds is 2. The Morgan fingerprint density at radius 3 is 2.41 bits per heavy atom. The highest BCUT2D eigenvalue weighted by Crippen LogP contribution is 2.35. The van der Waals surface area contributed by atoms with Crippen LogP contribution < -0.4 is 0 Å².